The van der Waals surface area contributed by atoms with Crippen molar-refractivity contribution in [1.29, 1.82) is 0 Å². The maximum Gasteiger partial charge on any atom is 0.338 e. The first-order valence-electron chi connectivity index (χ1n) is 3.18. The number of nitrogens with one attached hydrogen (secondary N) is 1. The minimum Gasteiger partial charge on any atom is -0.269 e. The quantitative estimate of drug-likeness (QED) is 0.644. The first-order valence-corrected chi connectivity index (χ1v) is 4.25. The van der Waals surface area contributed by atoms with Crippen molar-refractivity contribution in [1.82, 2.24) is 4.72 Å². The van der Waals surface area contributed by atoms with Gasteiger partial charge in [0.15, 0.2) is 5.84 Å². The molecule has 1 N–H and O–H groups in total. The number of oxime groups is 1. The zero-order valence-corrected chi connectivity index (χ0v) is 6.77. The highest BCUT2D eigenvalue weighted by molar-refractivity contribution is 7.79. The van der Waals surface area contributed by atoms with Crippen LogP contribution >= 0.6 is 0 Å². The molecule has 0 saturated heterocycles. The highest BCUT2D eigenvalue weighted by Crippen LogP contribution is 2.07. The van der Waals surface area contributed by atoms with Gasteiger partial charge in [-0.05, 0) is 6.42 Å². The van der Waals surface area contributed by atoms with E-state index in [-0.39, 0.29) is 0 Å². The lowest BCUT2D eigenvalue weighted by molar-refractivity contribution is 0.382. The van der Waals surface area contributed by atoms with Gasteiger partial charge in [0.1, 0.15) is 0 Å². The normalized spacial score (nSPS) is 26.6. The Kier molecular flexibility index (Phi) is 2.26. The Labute approximate surface area is 62.4 Å². The molecule has 0 bridgehead atoms. The maximum absolute atomic E-state index is 10.5. The van der Waals surface area contributed by atoms with E-state index >= 15 is 0 Å². The molecule has 0 aliphatic carbocycles. The summed E-state index contributed by atoms with van der Waals surface area (Å²) in [5, 5.41) is 3.59. The Morgan fingerprint density at radius 2 is 2.60 bits per heavy atom. The van der Waals surface area contributed by atoms with Gasteiger partial charge < -0.3 is 0 Å². The van der Waals surface area contributed by atoms with E-state index in [0.29, 0.717) is 11.8 Å². The fraction of sp³-hybridized carbons (Fsp3) is 0.800. The van der Waals surface area contributed by atoms with Gasteiger partial charge in [0.05, 0.1) is 0 Å². The monoisotopic (exact) mass is 162 g/mol. The van der Waals surface area contributed by atoms with Crippen LogP contribution in [0.2, 0.25) is 0 Å². The summed E-state index contributed by atoms with van der Waals surface area (Å²) in [5.41, 5.74) is 0. The molecular weight excluding hydrogens is 152 g/mol. The predicted molar refractivity (Wildman–Crippen MR) is 39.3 cm³/mol. The van der Waals surface area contributed by atoms with Gasteiger partial charge in [-0.15, -0.1) is 0 Å². The summed E-state index contributed by atoms with van der Waals surface area (Å²) in [5.74, 6) is 0.979. The Hall–Kier alpha value is -0.580. The van der Waals surface area contributed by atoms with Crippen molar-refractivity contribution >= 4 is 17.1 Å². The van der Waals surface area contributed by atoms with E-state index in [2.05, 4.69) is 14.2 Å². The van der Waals surface area contributed by atoms with Gasteiger partial charge >= 0.3 is 11.3 Å². The Balaban J connectivity index is 2.50. The highest BCUT2D eigenvalue weighted by Gasteiger charge is 2.18. The molecule has 2 atom stereocenters. The van der Waals surface area contributed by atoms with Crippen LogP contribution in [-0.2, 0) is 15.6 Å². The molecule has 1 aliphatic rings. The van der Waals surface area contributed by atoms with Crippen LogP contribution in [0.25, 0.3) is 0 Å². The first-order chi connectivity index (χ1) is 4.74. The van der Waals surface area contributed by atoms with E-state index in [1.54, 1.807) is 0 Å². The summed E-state index contributed by atoms with van der Waals surface area (Å²) in [6.45, 7) is 4.04. The maximum atomic E-state index is 10.5. The third-order valence-corrected chi connectivity index (χ3v) is 2.06. The molecule has 2 unspecified atom stereocenters. The summed E-state index contributed by atoms with van der Waals surface area (Å²) < 4.78 is 17.6. The lowest BCUT2D eigenvalue weighted by Gasteiger charge is -2.03. The molecule has 1 heterocycles. The van der Waals surface area contributed by atoms with E-state index in [9.17, 15) is 4.21 Å². The molecule has 0 radical (unpaired) electrons. The number of hydrogen-bond acceptors (Lipinski definition) is 3. The second kappa shape index (κ2) is 3.01. The van der Waals surface area contributed by atoms with Crippen molar-refractivity contribution < 1.29 is 8.49 Å². The molecule has 0 amide bonds. The van der Waals surface area contributed by atoms with E-state index in [1.165, 1.54) is 0 Å². The standard InChI is InChI=1S/C5H10N2O2S/c1-3-4(2)5-6-9-10(8)7-5/h4H,3H2,1-2H3,(H,6,7). The van der Waals surface area contributed by atoms with E-state index in [0.717, 1.165) is 6.42 Å². The average molecular weight is 162 g/mol. The minimum absolute atomic E-state index is 0.298. The van der Waals surface area contributed by atoms with E-state index < -0.39 is 11.3 Å². The molecule has 10 heavy (non-hydrogen) atoms. The number of amidine groups is 1. The van der Waals surface area contributed by atoms with Crippen LogP contribution in [0, 0.1) is 5.92 Å². The van der Waals surface area contributed by atoms with Crippen LogP contribution in [0.1, 0.15) is 20.3 Å². The van der Waals surface area contributed by atoms with Crippen LogP contribution in [-0.4, -0.2) is 10.0 Å². The summed E-state index contributed by atoms with van der Waals surface area (Å²) >= 11 is -1.43. The SMILES string of the molecule is CCC(C)C1=NOS(=O)N1. The van der Waals surface area contributed by atoms with Crippen molar-refractivity contribution in [2.75, 3.05) is 0 Å². The van der Waals surface area contributed by atoms with Gasteiger partial charge in [0, 0.05) is 5.92 Å². The molecule has 5 heteroatoms. The van der Waals surface area contributed by atoms with Gasteiger partial charge in [0.25, 0.3) is 0 Å². The average Bonchev–Trinajstić information content (AvgIpc) is 2.34. The van der Waals surface area contributed by atoms with Gasteiger partial charge in [-0.25, -0.2) is 0 Å². The molecule has 0 aromatic carbocycles. The van der Waals surface area contributed by atoms with Crippen LogP contribution in [0.3, 0.4) is 0 Å². The van der Waals surface area contributed by atoms with E-state index in [1.807, 2.05) is 13.8 Å². The van der Waals surface area contributed by atoms with Gasteiger partial charge in [0.2, 0.25) is 0 Å². The smallest absolute Gasteiger partial charge is 0.269 e. The number of nitrogens with zero attached hydrogens (tertiary/aromatic N) is 1. The topological polar surface area (TPSA) is 50.7 Å². The zero-order chi connectivity index (χ0) is 7.56. The van der Waals surface area contributed by atoms with Crippen molar-refractivity contribution in [3.8, 4) is 0 Å². The summed E-state index contributed by atoms with van der Waals surface area (Å²) in [4.78, 5) is 0. The molecule has 0 fully saturated rings. The zero-order valence-electron chi connectivity index (χ0n) is 5.96. The van der Waals surface area contributed by atoms with Crippen molar-refractivity contribution in [2.45, 2.75) is 20.3 Å². The minimum atomic E-state index is -1.43. The Morgan fingerprint density at radius 3 is 3.00 bits per heavy atom. The Bertz CT molecular complexity index is 180. The molecule has 4 nitrogen and oxygen atoms in total. The molecule has 58 valence electrons. The van der Waals surface area contributed by atoms with Gasteiger partial charge in [-0.1, -0.05) is 19.0 Å². The third-order valence-electron chi connectivity index (χ3n) is 1.47. The largest absolute Gasteiger partial charge is 0.338 e. The predicted octanol–water partition coefficient (Wildman–Crippen LogP) is 0.544. The fourth-order valence-corrected chi connectivity index (χ4v) is 1.18. The van der Waals surface area contributed by atoms with Gasteiger partial charge in [-0.2, -0.15) is 4.21 Å². The molecule has 0 aromatic rings. The molecular formula is C5H10N2O2S. The van der Waals surface area contributed by atoms with Gasteiger partial charge in [-0.3, -0.25) is 9.01 Å². The second-order valence-corrected chi connectivity index (χ2v) is 3.02. The molecule has 0 aromatic heterocycles. The molecule has 1 rings (SSSR count). The van der Waals surface area contributed by atoms with Crippen LogP contribution in [0.15, 0.2) is 5.16 Å². The summed E-state index contributed by atoms with van der Waals surface area (Å²) in [6.07, 6.45) is 0.965. The van der Waals surface area contributed by atoms with Crippen molar-refractivity contribution in [3.05, 3.63) is 0 Å². The lowest BCUT2D eigenvalue weighted by atomic mass is 10.1. The fourth-order valence-electron chi connectivity index (χ4n) is 0.581. The van der Waals surface area contributed by atoms with E-state index in [4.69, 9.17) is 0 Å². The lowest BCUT2D eigenvalue weighted by Crippen LogP contribution is -2.25. The highest BCUT2D eigenvalue weighted by atomic mass is 32.2. The third kappa shape index (κ3) is 1.47. The number of hydrogen-bond donors (Lipinski definition) is 1. The summed E-state index contributed by atoms with van der Waals surface area (Å²) in [7, 11) is 0. The molecule has 0 saturated carbocycles. The molecule has 0 spiro atoms. The summed E-state index contributed by atoms with van der Waals surface area (Å²) in [6, 6.07) is 0. The van der Waals surface area contributed by atoms with Crippen LogP contribution in [0.5, 0.6) is 0 Å². The number of rotatable bonds is 2. The van der Waals surface area contributed by atoms with Crippen molar-refractivity contribution in [3.63, 3.8) is 0 Å². The van der Waals surface area contributed by atoms with Crippen LogP contribution < -0.4 is 4.72 Å². The molecule has 1 aliphatic heterocycles. The Morgan fingerprint density at radius 1 is 1.90 bits per heavy atom. The van der Waals surface area contributed by atoms with Crippen LogP contribution in [0.4, 0.5) is 0 Å². The second-order valence-electron chi connectivity index (χ2n) is 2.20. The van der Waals surface area contributed by atoms with Crippen molar-refractivity contribution in [2.24, 2.45) is 11.1 Å². The first kappa shape index (κ1) is 7.53.